The molecule has 4 rings (SSSR count). The summed E-state index contributed by atoms with van der Waals surface area (Å²) in [6.45, 7) is 3.24. The highest BCUT2D eigenvalue weighted by Crippen LogP contribution is 2.48. The van der Waals surface area contributed by atoms with Gasteiger partial charge < -0.3 is 15.0 Å². The molecule has 2 bridgehead atoms. The van der Waals surface area contributed by atoms with E-state index in [4.69, 9.17) is 4.74 Å². The number of amides is 1. The number of carbonyl (C=O) groups excluding carboxylic acids is 1. The van der Waals surface area contributed by atoms with Crippen LogP contribution in [0.3, 0.4) is 0 Å². The minimum absolute atomic E-state index is 0.213. The lowest BCUT2D eigenvalue weighted by Crippen LogP contribution is -2.37. The fraction of sp³-hybridized carbons (Fsp3) is 0.611. The van der Waals surface area contributed by atoms with Crippen LogP contribution in [0.1, 0.15) is 25.7 Å². The quantitative estimate of drug-likeness (QED) is 0.872. The molecule has 124 valence electrons. The van der Waals surface area contributed by atoms with E-state index in [0.29, 0.717) is 5.92 Å². The fourth-order valence-corrected chi connectivity index (χ4v) is 4.84. The first kappa shape index (κ1) is 15.5. The van der Waals surface area contributed by atoms with E-state index in [9.17, 15) is 4.79 Å². The first-order valence-corrected chi connectivity index (χ1v) is 9.43. The van der Waals surface area contributed by atoms with Crippen molar-refractivity contribution in [3.05, 3.63) is 22.7 Å². The largest absolute Gasteiger partial charge is 0.378 e. The van der Waals surface area contributed by atoms with Gasteiger partial charge in [-0.25, -0.2) is 0 Å². The maximum atomic E-state index is 12.8. The molecule has 1 amide bonds. The van der Waals surface area contributed by atoms with Crippen LogP contribution in [0.25, 0.3) is 0 Å². The lowest BCUT2D eigenvalue weighted by Gasteiger charge is -2.31. The average molecular weight is 379 g/mol. The number of nitrogens with zero attached hydrogens (tertiary/aromatic N) is 1. The maximum Gasteiger partial charge on any atom is 0.227 e. The van der Waals surface area contributed by atoms with Crippen LogP contribution in [0.15, 0.2) is 22.7 Å². The van der Waals surface area contributed by atoms with Gasteiger partial charge in [-0.05, 0) is 49.3 Å². The summed E-state index contributed by atoms with van der Waals surface area (Å²) in [4.78, 5) is 15.1. The number of hydrogen-bond donors (Lipinski definition) is 1. The summed E-state index contributed by atoms with van der Waals surface area (Å²) in [5.74, 6) is 1.83. The predicted octanol–water partition coefficient (Wildman–Crippen LogP) is 3.66. The molecule has 0 aromatic heterocycles. The van der Waals surface area contributed by atoms with Crippen LogP contribution >= 0.6 is 15.9 Å². The average Bonchev–Trinajstić information content (AvgIpc) is 3.19. The zero-order valence-corrected chi connectivity index (χ0v) is 14.8. The van der Waals surface area contributed by atoms with Gasteiger partial charge in [0.25, 0.3) is 0 Å². The van der Waals surface area contributed by atoms with E-state index in [1.54, 1.807) is 0 Å². The third-order valence-corrected chi connectivity index (χ3v) is 6.14. The highest BCUT2D eigenvalue weighted by Gasteiger charge is 2.43. The van der Waals surface area contributed by atoms with Crippen molar-refractivity contribution < 1.29 is 9.53 Å². The molecule has 1 aromatic rings. The van der Waals surface area contributed by atoms with Crippen molar-refractivity contribution in [1.29, 1.82) is 0 Å². The molecule has 4 nitrogen and oxygen atoms in total. The second kappa shape index (κ2) is 6.44. The lowest BCUT2D eigenvalue weighted by atomic mass is 9.88. The Bertz CT molecular complexity index is 601. The summed E-state index contributed by atoms with van der Waals surface area (Å²) >= 11 is 3.53. The molecule has 0 unspecified atom stereocenters. The van der Waals surface area contributed by atoms with Crippen molar-refractivity contribution in [2.45, 2.75) is 25.7 Å². The number of halogens is 1. The van der Waals surface area contributed by atoms with Gasteiger partial charge in [0.05, 0.1) is 24.6 Å². The number of rotatable bonds is 3. The summed E-state index contributed by atoms with van der Waals surface area (Å²) in [6, 6.07) is 6.15. The van der Waals surface area contributed by atoms with E-state index in [0.717, 1.165) is 54.5 Å². The SMILES string of the molecule is O=C(Nc1cc(Br)ccc1N1CCOCC1)[C@H]1C[C@@H]2CC[C@@H]1C2. The van der Waals surface area contributed by atoms with E-state index in [-0.39, 0.29) is 11.8 Å². The monoisotopic (exact) mass is 378 g/mol. The highest BCUT2D eigenvalue weighted by atomic mass is 79.9. The maximum absolute atomic E-state index is 12.8. The van der Waals surface area contributed by atoms with Gasteiger partial charge in [-0.15, -0.1) is 0 Å². The molecule has 1 aromatic carbocycles. The molecule has 1 saturated heterocycles. The van der Waals surface area contributed by atoms with Crippen molar-refractivity contribution in [1.82, 2.24) is 0 Å². The van der Waals surface area contributed by atoms with Crippen molar-refractivity contribution >= 4 is 33.2 Å². The number of hydrogen-bond acceptors (Lipinski definition) is 3. The molecule has 3 fully saturated rings. The van der Waals surface area contributed by atoms with Crippen molar-refractivity contribution in [3.8, 4) is 0 Å². The summed E-state index contributed by atoms with van der Waals surface area (Å²) in [7, 11) is 0. The zero-order valence-electron chi connectivity index (χ0n) is 13.3. The van der Waals surface area contributed by atoms with Gasteiger partial charge in [0.1, 0.15) is 0 Å². The van der Waals surface area contributed by atoms with Crippen molar-refractivity contribution in [2.75, 3.05) is 36.5 Å². The Morgan fingerprint density at radius 3 is 2.74 bits per heavy atom. The van der Waals surface area contributed by atoms with Gasteiger partial charge in [-0.3, -0.25) is 4.79 Å². The summed E-state index contributed by atoms with van der Waals surface area (Å²) < 4.78 is 6.44. The van der Waals surface area contributed by atoms with Crippen LogP contribution in [-0.4, -0.2) is 32.2 Å². The third kappa shape index (κ3) is 3.13. The first-order valence-electron chi connectivity index (χ1n) is 8.64. The van der Waals surface area contributed by atoms with E-state index < -0.39 is 0 Å². The standard InChI is InChI=1S/C18H23BrN2O2/c19-14-3-4-17(21-5-7-23-8-6-21)16(11-14)20-18(22)15-10-12-1-2-13(15)9-12/h3-4,11-13,15H,1-2,5-10H2,(H,20,22)/t12-,13-,15+/m1/s1. The van der Waals surface area contributed by atoms with E-state index in [1.165, 1.54) is 19.3 Å². The molecule has 5 heteroatoms. The molecule has 0 spiro atoms. The summed E-state index contributed by atoms with van der Waals surface area (Å²) in [6.07, 6.45) is 4.90. The van der Waals surface area contributed by atoms with E-state index in [1.807, 2.05) is 12.1 Å². The fourth-order valence-electron chi connectivity index (χ4n) is 4.48. The summed E-state index contributed by atoms with van der Waals surface area (Å²) in [5, 5.41) is 3.22. The van der Waals surface area contributed by atoms with Crippen LogP contribution in [0.2, 0.25) is 0 Å². The Kier molecular flexibility index (Phi) is 4.33. The predicted molar refractivity (Wildman–Crippen MR) is 94.7 cm³/mol. The van der Waals surface area contributed by atoms with Gasteiger partial charge in [-0.1, -0.05) is 22.4 Å². The Morgan fingerprint density at radius 2 is 2.04 bits per heavy atom. The smallest absolute Gasteiger partial charge is 0.227 e. The van der Waals surface area contributed by atoms with Gasteiger partial charge in [-0.2, -0.15) is 0 Å². The molecule has 23 heavy (non-hydrogen) atoms. The second-order valence-electron chi connectivity index (χ2n) is 7.03. The molecule has 3 aliphatic rings. The number of anilines is 2. The molecule has 0 radical (unpaired) electrons. The van der Waals surface area contributed by atoms with E-state index >= 15 is 0 Å². The highest BCUT2D eigenvalue weighted by molar-refractivity contribution is 9.10. The van der Waals surface area contributed by atoms with Gasteiger partial charge >= 0.3 is 0 Å². The third-order valence-electron chi connectivity index (χ3n) is 5.64. The molecule has 2 saturated carbocycles. The minimum atomic E-state index is 0.213. The zero-order chi connectivity index (χ0) is 15.8. The van der Waals surface area contributed by atoms with Gasteiger partial charge in [0.15, 0.2) is 0 Å². The number of nitrogens with one attached hydrogen (secondary N) is 1. The van der Waals surface area contributed by atoms with Crippen LogP contribution < -0.4 is 10.2 Å². The Hall–Kier alpha value is -1.07. The molecule has 2 aliphatic carbocycles. The van der Waals surface area contributed by atoms with Gasteiger partial charge in [0.2, 0.25) is 5.91 Å². The lowest BCUT2D eigenvalue weighted by molar-refractivity contribution is -0.121. The molecule has 1 N–H and O–H groups in total. The summed E-state index contributed by atoms with van der Waals surface area (Å²) in [5.41, 5.74) is 2.03. The normalized spacial score (nSPS) is 29.8. The van der Waals surface area contributed by atoms with Gasteiger partial charge in [0, 0.05) is 23.5 Å². The van der Waals surface area contributed by atoms with Crippen LogP contribution in [-0.2, 0) is 9.53 Å². The topological polar surface area (TPSA) is 41.6 Å². The Morgan fingerprint density at radius 1 is 1.22 bits per heavy atom. The molecule has 1 aliphatic heterocycles. The Labute approximate surface area is 145 Å². The van der Waals surface area contributed by atoms with Crippen molar-refractivity contribution in [3.63, 3.8) is 0 Å². The molecular weight excluding hydrogens is 356 g/mol. The second-order valence-corrected chi connectivity index (χ2v) is 7.95. The first-order chi connectivity index (χ1) is 11.2. The number of ether oxygens (including phenoxy) is 1. The number of benzene rings is 1. The van der Waals surface area contributed by atoms with Crippen molar-refractivity contribution in [2.24, 2.45) is 17.8 Å². The van der Waals surface area contributed by atoms with Crippen LogP contribution in [0.5, 0.6) is 0 Å². The van der Waals surface area contributed by atoms with Crippen LogP contribution in [0, 0.1) is 17.8 Å². The molecule has 3 atom stereocenters. The van der Waals surface area contributed by atoms with Crippen LogP contribution in [0.4, 0.5) is 11.4 Å². The van der Waals surface area contributed by atoms with E-state index in [2.05, 4.69) is 32.2 Å². The Balaban J connectivity index is 1.53. The minimum Gasteiger partial charge on any atom is -0.378 e. The number of morpholine rings is 1. The molecule has 1 heterocycles. The molecular formula is C18H23BrN2O2. The number of carbonyl (C=O) groups is 1. The number of fused-ring (bicyclic) bond motifs is 2.